The van der Waals surface area contributed by atoms with Gasteiger partial charge in [0, 0.05) is 30.5 Å². The van der Waals surface area contributed by atoms with Crippen LogP contribution in [0.5, 0.6) is 5.75 Å². The van der Waals surface area contributed by atoms with Crippen molar-refractivity contribution < 1.29 is 14.6 Å². The Labute approximate surface area is 209 Å². The maximum absolute atomic E-state index is 12.8. The van der Waals surface area contributed by atoms with Gasteiger partial charge in [-0.3, -0.25) is 4.79 Å². The molecule has 5 rings (SSSR count). The number of amides is 1. The van der Waals surface area contributed by atoms with Crippen LogP contribution in [0, 0.1) is 6.92 Å². The number of aliphatic hydroxyl groups excluding tert-OH is 1. The van der Waals surface area contributed by atoms with Gasteiger partial charge in [-0.2, -0.15) is 0 Å². The molecule has 0 spiro atoms. The first-order chi connectivity index (χ1) is 17.0. The molecule has 0 saturated carbocycles. The lowest BCUT2D eigenvalue weighted by atomic mass is 10.1. The van der Waals surface area contributed by atoms with E-state index < -0.39 is 6.10 Å². The maximum atomic E-state index is 12.8. The van der Waals surface area contributed by atoms with Crippen molar-refractivity contribution in [3.05, 3.63) is 94.8 Å². The van der Waals surface area contributed by atoms with Gasteiger partial charge in [-0.1, -0.05) is 54.1 Å². The van der Waals surface area contributed by atoms with Crippen molar-refractivity contribution in [2.24, 2.45) is 0 Å². The third-order valence-electron chi connectivity index (χ3n) is 6.45. The first-order valence-electron chi connectivity index (χ1n) is 11.8. The summed E-state index contributed by atoms with van der Waals surface area (Å²) in [6, 6.07) is 23.4. The van der Waals surface area contributed by atoms with Crippen molar-refractivity contribution in [3.8, 4) is 5.75 Å². The molecule has 1 saturated heterocycles. The second kappa shape index (κ2) is 10.1. The van der Waals surface area contributed by atoms with Crippen LogP contribution in [0.1, 0.15) is 29.3 Å². The minimum atomic E-state index is -0.750. The first-order valence-corrected chi connectivity index (χ1v) is 12.2. The molecule has 1 aromatic heterocycles. The van der Waals surface area contributed by atoms with Gasteiger partial charge in [0.1, 0.15) is 24.3 Å². The molecule has 0 bridgehead atoms. The van der Waals surface area contributed by atoms with Gasteiger partial charge in [-0.15, -0.1) is 0 Å². The predicted molar refractivity (Wildman–Crippen MR) is 137 cm³/mol. The number of imidazole rings is 1. The summed E-state index contributed by atoms with van der Waals surface area (Å²) in [4.78, 5) is 19.6. The number of halogens is 1. The topological polar surface area (TPSA) is 67.6 Å². The zero-order valence-electron chi connectivity index (χ0n) is 19.6. The van der Waals surface area contributed by atoms with Crippen LogP contribution in [-0.4, -0.2) is 44.7 Å². The third-order valence-corrected chi connectivity index (χ3v) is 6.87. The van der Waals surface area contributed by atoms with Gasteiger partial charge in [0.2, 0.25) is 5.91 Å². The van der Waals surface area contributed by atoms with Crippen molar-refractivity contribution in [1.29, 1.82) is 0 Å². The highest BCUT2D eigenvalue weighted by molar-refractivity contribution is 6.31. The van der Waals surface area contributed by atoms with Gasteiger partial charge in [0.25, 0.3) is 0 Å². The fraction of sp³-hybridized carbons (Fsp3) is 0.286. The monoisotopic (exact) mass is 489 g/mol. The Hall–Kier alpha value is -3.35. The van der Waals surface area contributed by atoms with E-state index in [1.165, 1.54) is 0 Å². The number of hydrogen-bond acceptors (Lipinski definition) is 4. The molecule has 2 heterocycles. The minimum Gasteiger partial charge on any atom is -0.491 e. The van der Waals surface area contributed by atoms with E-state index in [0.717, 1.165) is 28.0 Å². The molecule has 180 valence electrons. The van der Waals surface area contributed by atoms with Crippen LogP contribution >= 0.6 is 11.6 Å². The molecule has 0 unspecified atom stereocenters. The third kappa shape index (κ3) is 5.19. The van der Waals surface area contributed by atoms with E-state index in [1.54, 1.807) is 12.1 Å². The lowest BCUT2D eigenvalue weighted by molar-refractivity contribution is -0.128. The highest BCUT2D eigenvalue weighted by atomic mass is 35.5. The Morgan fingerprint density at radius 2 is 1.89 bits per heavy atom. The number of ether oxygens (including phenoxy) is 1. The van der Waals surface area contributed by atoms with Gasteiger partial charge in [0.15, 0.2) is 0 Å². The standard InChI is InChI=1S/C28H28ClN3O3/c1-19-13-23(11-12-24(19)29)35-18-22(33)17-32-26-10-6-5-9-25(26)30-28(32)21-14-27(34)31(16-21)15-20-7-3-2-4-8-20/h2-13,21-22,33H,14-18H2,1H3/t21-,22+/m1/s1. The molecule has 0 radical (unpaired) electrons. The number of aryl methyl sites for hydroxylation is 1. The SMILES string of the molecule is Cc1cc(OC[C@@H](O)Cn2c([C@@H]3CC(=O)N(Cc4ccccc4)C3)nc3ccccc32)ccc1Cl. The number of likely N-dealkylation sites (tertiary alicyclic amines) is 1. The van der Waals surface area contributed by atoms with Crippen LogP contribution in [0.25, 0.3) is 11.0 Å². The largest absolute Gasteiger partial charge is 0.491 e. The average molecular weight is 490 g/mol. The summed E-state index contributed by atoms with van der Waals surface area (Å²) in [6.45, 7) is 3.57. The van der Waals surface area contributed by atoms with Crippen LogP contribution < -0.4 is 4.74 Å². The molecule has 3 aromatic carbocycles. The lowest BCUT2D eigenvalue weighted by Crippen LogP contribution is -2.26. The summed E-state index contributed by atoms with van der Waals surface area (Å²) in [7, 11) is 0. The van der Waals surface area contributed by atoms with Crippen molar-refractivity contribution in [3.63, 3.8) is 0 Å². The number of aliphatic hydroxyl groups is 1. The Balaban J connectivity index is 1.33. The number of benzene rings is 3. The van der Waals surface area contributed by atoms with Gasteiger partial charge in [0.05, 0.1) is 17.6 Å². The highest BCUT2D eigenvalue weighted by Crippen LogP contribution is 2.31. The number of nitrogens with zero attached hydrogens (tertiary/aromatic N) is 3. The fourth-order valence-corrected chi connectivity index (χ4v) is 4.78. The molecule has 4 aromatic rings. The molecule has 1 amide bonds. The van der Waals surface area contributed by atoms with Gasteiger partial charge in [-0.05, 0) is 48.4 Å². The molecular formula is C28H28ClN3O3. The Bertz CT molecular complexity index is 1340. The van der Waals surface area contributed by atoms with Crippen LogP contribution in [0.15, 0.2) is 72.8 Å². The number of para-hydroxylation sites is 2. The van der Waals surface area contributed by atoms with Crippen molar-refractivity contribution >= 4 is 28.5 Å². The van der Waals surface area contributed by atoms with Crippen LogP contribution in [-0.2, 0) is 17.9 Å². The summed E-state index contributed by atoms with van der Waals surface area (Å²) in [5.74, 6) is 1.58. The van der Waals surface area contributed by atoms with E-state index in [1.807, 2.05) is 77.1 Å². The molecule has 6 nitrogen and oxygen atoms in total. The number of fused-ring (bicyclic) bond motifs is 1. The van der Waals surface area contributed by atoms with E-state index in [2.05, 4.69) is 0 Å². The van der Waals surface area contributed by atoms with Crippen molar-refractivity contribution in [1.82, 2.24) is 14.5 Å². The summed E-state index contributed by atoms with van der Waals surface area (Å²) in [6.07, 6.45) is -0.341. The van der Waals surface area contributed by atoms with Crippen LogP contribution in [0.3, 0.4) is 0 Å². The Morgan fingerprint density at radius 3 is 2.69 bits per heavy atom. The average Bonchev–Trinajstić information content (AvgIpc) is 3.40. The van der Waals surface area contributed by atoms with E-state index in [0.29, 0.717) is 36.8 Å². The second-order valence-corrected chi connectivity index (χ2v) is 9.51. The molecule has 2 atom stereocenters. The number of carbonyl (C=O) groups is 1. The maximum Gasteiger partial charge on any atom is 0.223 e. The molecule has 35 heavy (non-hydrogen) atoms. The second-order valence-electron chi connectivity index (χ2n) is 9.11. The van der Waals surface area contributed by atoms with E-state index >= 15 is 0 Å². The predicted octanol–water partition coefficient (Wildman–Crippen LogP) is 4.95. The number of aromatic nitrogens is 2. The number of hydrogen-bond donors (Lipinski definition) is 1. The van der Waals surface area contributed by atoms with Gasteiger partial charge < -0.3 is 19.3 Å². The smallest absolute Gasteiger partial charge is 0.223 e. The molecule has 7 heteroatoms. The molecular weight excluding hydrogens is 462 g/mol. The molecule has 1 aliphatic heterocycles. The zero-order valence-corrected chi connectivity index (χ0v) is 20.4. The first kappa shape index (κ1) is 23.4. The fourth-order valence-electron chi connectivity index (χ4n) is 4.66. The Morgan fingerprint density at radius 1 is 1.11 bits per heavy atom. The normalized spacial score (nSPS) is 16.7. The van der Waals surface area contributed by atoms with Crippen molar-refractivity contribution in [2.45, 2.75) is 38.5 Å². The summed E-state index contributed by atoms with van der Waals surface area (Å²) in [5, 5.41) is 11.5. The van der Waals surface area contributed by atoms with E-state index in [9.17, 15) is 9.90 Å². The highest BCUT2D eigenvalue weighted by Gasteiger charge is 2.34. The summed E-state index contributed by atoms with van der Waals surface area (Å²) in [5.41, 5.74) is 3.84. The van der Waals surface area contributed by atoms with Gasteiger partial charge >= 0.3 is 0 Å². The zero-order chi connectivity index (χ0) is 24.4. The van der Waals surface area contributed by atoms with Crippen LogP contribution in [0.4, 0.5) is 0 Å². The Kier molecular flexibility index (Phi) is 6.75. The molecule has 0 aliphatic carbocycles. The number of carbonyl (C=O) groups excluding carboxylic acids is 1. The molecule has 1 fully saturated rings. The van der Waals surface area contributed by atoms with Gasteiger partial charge in [-0.25, -0.2) is 4.98 Å². The number of rotatable bonds is 8. The minimum absolute atomic E-state index is 0.0364. The van der Waals surface area contributed by atoms with Crippen LogP contribution in [0.2, 0.25) is 5.02 Å². The van der Waals surface area contributed by atoms with E-state index in [-0.39, 0.29) is 18.4 Å². The quantitative estimate of drug-likeness (QED) is 0.380. The van der Waals surface area contributed by atoms with Crippen molar-refractivity contribution in [2.75, 3.05) is 13.2 Å². The molecule has 1 N–H and O–H groups in total. The lowest BCUT2D eigenvalue weighted by Gasteiger charge is -2.19. The molecule has 1 aliphatic rings. The van der Waals surface area contributed by atoms with E-state index in [4.69, 9.17) is 21.3 Å². The summed E-state index contributed by atoms with van der Waals surface area (Å²) < 4.78 is 7.87. The summed E-state index contributed by atoms with van der Waals surface area (Å²) >= 11 is 6.10.